The zero-order valence-electron chi connectivity index (χ0n) is 16.1. The molecule has 1 aliphatic heterocycles. The number of nitrogens with two attached hydrogens (primary N) is 1. The minimum absolute atomic E-state index is 0.0606. The van der Waals surface area contributed by atoms with Gasteiger partial charge in [0.2, 0.25) is 5.13 Å². The SMILES string of the molecule is CC(C)(C)c1nc(N2N=C(Cc3ccncc3)c3ccccc3C2N)sc1Br. The fourth-order valence-electron chi connectivity index (χ4n) is 3.23. The average Bonchev–Trinajstić information content (AvgIpc) is 3.07. The molecule has 0 aliphatic carbocycles. The Morgan fingerprint density at radius 1 is 1.14 bits per heavy atom. The monoisotopic (exact) mass is 455 g/mol. The van der Waals surface area contributed by atoms with Crippen molar-refractivity contribution < 1.29 is 0 Å². The standard InChI is InChI=1S/C21H22BrN5S/c1-21(2,3)17-18(22)28-20(25-17)27-19(23)15-7-5-4-6-14(15)16(26-27)12-13-8-10-24-11-9-13/h4-11,19H,12,23H2,1-3H3. The van der Waals surface area contributed by atoms with E-state index in [9.17, 15) is 0 Å². The number of thiazole rings is 1. The highest BCUT2D eigenvalue weighted by Crippen LogP contribution is 2.40. The number of hydrogen-bond acceptors (Lipinski definition) is 6. The molecule has 0 amide bonds. The fourth-order valence-corrected chi connectivity index (χ4v) is 5.34. The van der Waals surface area contributed by atoms with Crippen molar-refractivity contribution in [2.45, 2.75) is 38.8 Å². The number of benzene rings is 1. The zero-order chi connectivity index (χ0) is 19.9. The third-order valence-electron chi connectivity index (χ3n) is 4.68. The molecular formula is C21H22BrN5S. The molecule has 1 unspecified atom stereocenters. The molecule has 0 spiro atoms. The first kappa shape index (κ1) is 19.2. The Morgan fingerprint density at radius 3 is 2.54 bits per heavy atom. The lowest BCUT2D eigenvalue weighted by atomic mass is 9.93. The predicted molar refractivity (Wildman–Crippen MR) is 119 cm³/mol. The number of halogens is 1. The first-order valence-corrected chi connectivity index (χ1v) is 10.7. The predicted octanol–water partition coefficient (Wildman–Crippen LogP) is 5.02. The van der Waals surface area contributed by atoms with Crippen LogP contribution in [0.1, 0.15) is 49.3 Å². The number of nitrogens with zero attached hydrogens (tertiary/aromatic N) is 4. The maximum atomic E-state index is 6.61. The van der Waals surface area contributed by atoms with E-state index >= 15 is 0 Å². The summed E-state index contributed by atoms with van der Waals surface area (Å²) in [5.74, 6) is 0. The van der Waals surface area contributed by atoms with Crippen LogP contribution in [0.15, 0.2) is 57.7 Å². The van der Waals surface area contributed by atoms with E-state index in [1.54, 1.807) is 11.3 Å². The van der Waals surface area contributed by atoms with E-state index in [4.69, 9.17) is 15.8 Å². The van der Waals surface area contributed by atoms with Gasteiger partial charge in [0, 0.05) is 29.8 Å². The van der Waals surface area contributed by atoms with Crippen molar-refractivity contribution in [3.63, 3.8) is 0 Å². The highest BCUT2D eigenvalue weighted by Gasteiger charge is 2.31. The van der Waals surface area contributed by atoms with Gasteiger partial charge in [0.25, 0.3) is 0 Å². The van der Waals surface area contributed by atoms with Crippen molar-refractivity contribution in [3.8, 4) is 0 Å². The van der Waals surface area contributed by atoms with Gasteiger partial charge in [-0.2, -0.15) is 5.10 Å². The second-order valence-corrected chi connectivity index (χ2v) is 10.1. The Balaban J connectivity index is 1.79. The highest BCUT2D eigenvalue weighted by molar-refractivity contribution is 9.11. The number of anilines is 1. The van der Waals surface area contributed by atoms with E-state index < -0.39 is 0 Å². The molecule has 0 radical (unpaired) electrons. The van der Waals surface area contributed by atoms with Crippen molar-refractivity contribution in [2.24, 2.45) is 10.8 Å². The van der Waals surface area contributed by atoms with Gasteiger partial charge in [0.15, 0.2) is 0 Å². The van der Waals surface area contributed by atoms with Crippen molar-refractivity contribution in [1.29, 1.82) is 0 Å². The molecule has 3 aromatic rings. The number of fused-ring (bicyclic) bond motifs is 1. The van der Waals surface area contributed by atoms with E-state index in [2.05, 4.69) is 53.8 Å². The molecule has 0 saturated heterocycles. The summed E-state index contributed by atoms with van der Waals surface area (Å²) in [6, 6.07) is 12.2. The lowest BCUT2D eigenvalue weighted by Crippen LogP contribution is -2.37. The van der Waals surface area contributed by atoms with Gasteiger partial charge in [0.05, 0.1) is 15.2 Å². The lowest BCUT2D eigenvalue weighted by Gasteiger charge is -2.31. The van der Waals surface area contributed by atoms with Crippen molar-refractivity contribution in [1.82, 2.24) is 9.97 Å². The van der Waals surface area contributed by atoms with Gasteiger partial charge in [-0.3, -0.25) is 4.98 Å². The van der Waals surface area contributed by atoms with E-state index in [-0.39, 0.29) is 11.6 Å². The van der Waals surface area contributed by atoms with Gasteiger partial charge in [-0.25, -0.2) is 9.99 Å². The van der Waals surface area contributed by atoms with E-state index in [0.29, 0.717) is 6.42 Å². The van der Waals surface area contributed by atoms with Crippen LogP contribution in [0.5, 0.6) is 0 Å². The van der Waals surface area contributed by atoms with Crippen LogP contribution < -0.4 is 10.7 Å². The molecule has 0 bridgehead atoms. The van der Waals surface area contributed by atoms with Crippen LogP contribution in [-0.2, 0) is 11.8 Å². The van der Waals surface area contributed by atoms with Crippen LogP contribution in [0.3, 0.4) is 0 Å². The molecule has 2 N–H and O–H groups in total. The second-order valence-electron chi connectivity index (χ2n) is 7.82. The van der Waals surface area contributed by atoms with Crippen molar-refractivity contribution >= 4 is 38.1 Å². The molecule has 1 aliphatic rings. The smallest absolute Gasteiger partial charge is 0.209 e. The summed E-state index contributed by atoms with van der Waals surface area (Å²) >= 11 is 5.24. The van der Waals surface area contributed by atoms with Gasteiger partial charge in [-0.1, -0.05) is 56.4 Å². The van der Waals surface area contributed by atoms with Crippen LogP contribution in [-0.4, -0.2) is 15.7 Å². The van der Waals surface area contributed by atoms with Crippen LogP contribution in [0, 0.1) is 0 Å². The Kier molecular flexibility index (Phi) is 5.07. The largest absolute Gasteiger partial charge is 0.306 e. The number of pyridine rings is 1. The Bertz CT molecular complexity index is 1020. The maximum Gasteiger partial charge on any atom is 0.209 e. The Hall–Kier alpha value is -2.09. The zero-order valence-corrected chi connectivity index (χ0v) is 18.5. The summed E-state index contributed by atoms with van der Waals surface area (Å²) in [4.78, 5) is 8.98. The van der Waals surface area contributed by atoms with Crippen LogP contribution in [0.25, 0.3) is 0 Å². The van der Waals surface area contributed by atoms with E-state index in [1.165, 1.54) is 0 Å². The molecule has 4 rings (SSSR count). The topological polar surface area (TPSA) is 67.4 Å². The van der Waals surface area contributed by atoms with Crippen LogP contribution in [0.4, 0.5) is 5.13 Å². The quantitative estimate of drug-likeness (QED) is 0.601. The van der Waals surface area contributed by atoms with Gasteiger partial charge in [-0.05, 0) is 39.2 Å². The van der Waals surface area contributed by atoms with Crippen molar-refractivity contribution in [2.75, 3.05) is 5.01 Å². The molecular weight excluding hydrogens is 434 g/mol. The summed E-state index contributed by atoms with van der Waals surface area (Å²) in [7, 11) is 0. The fraction of sp³-hybridized carbons (Fsp3) is 0.286. The summed E-state index contributed by atoms with van der Waals surface area (Å²) in [5, 5.41) is 7.59. The van der Waals surface area contributed by atoms with Gasteiger partial charge < -0.3 is 5.73 Å². The van der Waals surface area contributed by atoms with Gasteiger partial charge in [0.1, 0.15) is 6.17 Å². The van der Waals surface area contributed by atoms with Crippen LogP contribution >= 0.6 is 27.3 Å². The second kappa shape index (κ2) is 7.39. The third kappa shape index (κ3) is 3.62. The summed E-state index contributed by atoms with van der Waals surface area (Å²) in [6.45, 7) is 6.46. The normalized spacial score (nSPS) is 16.7. The third-order valence-corrected chi connectivity index (χ3v) is 6.38. The Morgan fingerprint density at radius 2 is 1.86 bits per heavy atom. The molecule has 144 valence electrons. The first-order chi connectivity index (χ1) is 13.3. The molecule has 1 aromatic carbocycles. The molecule has 7 heteroatoms. The number of hydrogen-bond donors (Lipinski definition) is 1. The lowest BCUT2D eigenvalue weighted by molar-refractivity contribution is 0.567. The summed E-state index contributed by atoms with van der Waals surface area (Å²) < 4.78 is 1.02. The van der Waals surface area contributed by atoms with E-state index in [1.807, 2.05) is 41.7 Å². The minimum Gasteiger partial charge on any atom is -0.306 e. The molecule has 2 aromatic heterocycles. The molecule has 0 fully saturated rings. The summed E-state index contributed by atoms with van der Waals surface area (Å²) in [6.07, 6.45) is 3.95. The molecule has 1 atom stereocenters. The van der Waals surface area contributed by atoms with Gasteiger partial charge in [-0.15, -0.1) is 0 Å². The number of aromatic nitrogens is 2. The highest BCUT2D eigenvalue weighted by atomic mass is 79.9. The van der Waals surface area contributed by atoms with Crippen LogP contribution in [0.2, 0.25) is 0 Å². The number of hydrazone groups is 1. The minimum atomic E-state index is -0.372. The first-order valence-electron chi connectivity index (χ1n) is 9.12. The summed E-state index contributed by atoms with van der Waals surface area (Å²) in [5.41, 5.74) is 11.9. The molecule has 3 heterocycles. The van der Waals surface area contributed by atoms with Gasteiger partial charge >= 0.3 is 0 Å². The Labute approximate surface area is 177 Å². The number of rotatable bonds is 3. The average molecular weight is 456 g/mol. The molecule has 5 nitrogen and oxygen atoms in total. The van der Waals surface area contributed by atoms with E-state index in [0.717, 1.165) is 37.0 Å². The maximum absolute atomic E-state index is 6.61. The molecule has 0 saturated carbocycles. The van der Waals surface area contributed by atoms with Crippen molar-refractivity contribution in [3.05, 3.63) is 75.0 Å². The molecule has 28 heavy (non-hydrogen) atoms.